The molecule has 1 saturated carbocycles. The Kier molecular flexibility index (Phi) is 3.14. The quantitative estimate of drug-likeness (QED) is 0.669. The van der Waals surface area contributed by atoms with Crippen LogP contribution in [0.3, 0.4) is 0 Å². The molecule has 0 saturated heterocycles. The van der Waals surface area contributed by atoms with Gasteiger partial charge in [-0.2, -0.15) is 0 Å². The van der Waals surface area contributed by atoms with E-state index >= 15 is 0 Å². The van der Waals surface area contributed by atoms with Crippen LogP contribution in [0.1, 0.15) is 47.9 Å². The van der Waals surface area contributed by atoms with Crippen molar-refractivity contribution < 1.29 is 0 Å². The number of hydrogen-bond donors (Lipinski definition) is 0. The fraction of sp³-hybridized carbons (Fsp3) is 0.600. The molecular formula is C15H22. The minimum absolute atomic E-state index is 0.964. The zero-order valence-electron chi connectivity index (χ0n) is 10.3. The SMILES string of the molecule is Cc1cc(C)c(CC2CCCC2)cc1C. The first-order chi connectivity index (χ1) is 7.16. The van der Waals surface area contributed by atoms with Crippen LogP contribution in [0.4, 0.5) is 0 Å². The summed E-state index contributed by atoms with van der Waals surface area (Å²) >= 11 is 0. The molecule has 1 aliphatic carbocycles. The maximum atomic E-state index is 2.41. The van der Waals surface area contributed by atoms with E-state index in [4.69, 9.17) is 0 Å². The average molecular weight is 202 g/mol. The molecule has 1 aromatic rings. The normalized spacial score (nSPS) is 17.3. The van der Waals surface area contributed by atoms with Gasteiger partial charge in [-0.25, -0.2) is 0 Å². The molecule has 0 heteroatoms. The van der Waals surface area contributed by atoms with Crippen molar-refractivity contribution in [3.63, 3.8) is 0 Å². The molecule has 0 unspecified atom stereocenters. The fourth-order valence-corrected chi connectivity index (χ4v) is 2.77. The van der Waals surface area contributed by atoms with Gasteiger partial charge in [-0.05, 0) is 55.4 Å². The minimum atomic E-state index is 0.964. The van der Waals surface area contributed by atoms with E-state index in [-0.39, 0.29) is 0 Å². The van der Waals surface area contributed by atoms with Gasteiger partial charge in [0.15, 0.2) is 0 Å². The summed E-state index contributed by atoms with van der Waals surface area (Å²) in [6, 6.07) is 4.75. The molecule has 82 valence electrons. The molecule has 0 radical (unpaired) electrons. The molecule has 1 fully saturated rings. The van der Waals surface area contributed by atoms with Crippen LogP contribution in [0, 0.1) is 26.7 Å². The van der Waals surface area contributed by atoms with Crippen LogP contribution in [-0.2, 0) is 6.42 Å². The predicted molar refractivity (Wildman–Crippen MR) is 66.3 cm³/mol. The van der Waals surface area contributed by atoms with Gasteiger partial charge < -0.3 is 0 Å². The lowest BCUT2D eigenvalue weighted by atomic mass is 9.92. The van der Waals surface area contributed by atoms with E-state index in [0.717, 1.165) is 5.92 Å². The Morgan fingerprint density at radius 1 is 0.933 bits per heavy atom. The van der Waals surface area contributed by atoms with Crippen LogP contribution in [0.25, 0.3) is 0 Å². The lowest BCUT2D eigenvalue weighted by molar-refractivity contribution is 0.545. The second-order valence-corrected chi connectivity index (χ2v) is 5.22. The van der Waals surface area contributed by atoms with Crippen molar-refractivity contribution in [3.8, 4) is 0 Å². The van der Waals surface area contributed by atoms with Crippen molar-refractivity contribution in [2.45, 2.75) is 52.9 Å². The van der Waals surface area contributed by atoms with Crippen molar-refractivity contribution in [2.75, 3.05) is 0 Å². The average Bonchev–Trinajstić information content (AvgIpc) is 2.67. The fourth-order valence-electron chi connectivity index (χ4n) is 2.77. The molecule has 0 heterocycles. The van der Waals surface area contributed by atoms with E-state index in [1.807, 2.05) is 0 Å². The van der Waals surface area contributed by atoms with Gasteiger partial charge in [0.1, 0.15) is 0 Å². The largest absolute Gasteiger partial charge is 0.0558 e. The molecule has 0 aromatic heterocycles. The van der Waals surface area contributed by atoms with Gasteiger partial charge >= 0.3 is 0 Å². The van der Waals surface area contributed by atoms with E-state index < -0.39 is 0 Å². The summed E-state index contributed by atoms with van der Waals surface area (Å²) in [4.78, 5) is 0. The van der Waals surface area contributed by atoms with Gasteiger partial charge in [0.25, 0.3) is 0 Å². The molecule has 0 N–H and O–H groups in total. The predicted octanol–water partition coefficient (Wildman–Crippen LogP) is 4.34. The van der Waals surface area contributed by atoms with E-state index in [2.05, 4.69) is 32.9 Å². The lowest BCUT2D eigenvalue weighted by Crippen LogP contribution is -2.01. The highest BCUT2D eigenvalue weighted by Crippen LogP contribution is 2.29. The summed E-state index contributed by atoms with van der Waals surface area (Å²) in [6.07, 6.45) is 7.12. The Morgan fingerprint density at radius 2 is 1.53 bits per heavy atom. The molecule has 0 aliphatic heterocycles. The monoisotopic (exact) mass is 202 g/mol. The highest BCUT2D eigenvalue weighted by atomic mass is 14.2. The zero-order valence-corrected chi connectivity index (χ0v) is 10.3. The molecule has 0 spiro atoms. The first-order valence-corrected chi connectivity index (χ1v) is 6.23. The van der Waals surface area contributed by atoms with E-state index in [0.29, 0.717) is 0 Å². The molecule has 0 bridgehead atoms. The molecule has 15 heavy (non-hydrogen) atoms. The Morgan fingerprint density at radius 3 is 2.20 bits per heavy atom. The van der Waals surface area contributed by atoms with Gasteiger partial charge in [-0.15, -0.1) is 0 Å². The second kappa shape index (κ2) is 4.38. The number of aryl methyl sites for hydroxylation is 3. The zero-order chi connectivity index (χ0) is 10.8. The summed E-state index contributed by atoms with van der Waals surface area (Å²) in [6.45, 7) is 6.70. The van der Waals surface area contributed by atoms with E-state index in [9.17, 15) is 0 Å². The number of benzene rings is 1. The van der Waals surface area contributed by atoms with Crippen molar-refractivity contribution in [1.29, 1.82) is 0 Å². The third-order valence-electron chi connectivity index (χ3n) is 3.94. The molecule has 2 rings (SSSR count). The van der Waals surface area contributed by atoms with Gasteiger partial charge in [-0.3, -0.25) is 0 Å². The van der Waals surface area contributed by atoms with Crippen LogP contribution in [0.15, 0.2) is 12.1 Å². The number of hydrogen-bond acceptors (Lipinski definition) is 0. The summed E-state index contributed by atoms with van der Waals surface area (Å²) in [7, 11) is 0. The molecule has 0 amide bonds. The van der Waals surface area contributed by atoms with Gasteiger partial charge in [0.05, 0.1) is 0 Å². The molecule has 0 atom stereocenters. The Labute approximate surface area is 93.7 Å². The van der Waals surface area contributed by atoms with Crippen LogP contribution in [0.5, 0.6) is 0 Å². The molecular weight excluding hydrogens is 180 g/mol. The second-order valence-electron chi connectivity index (χ2n) is 5.22. The van der Waals surface area contributed by atoms with E-state index in [1.54, 1.807) is 5.56 Å². The topological polar surface area (TPSA) is 0 Å². The van der Waals surface area contributed by atoms with E-state index in [1.165, 1.54) is 48.8 Å². The van der Waals surface area contributed by atoms with Crippen LogP contribution >= 0.6 is 0 Å². The Balaban J connectivity index is 2.16. The molecule has 0 nitrogen and oxygen atoms in total. The highest BCUT2D eigenvalue weighted by Gasteiger charge is 2.16. The summed E-state index contributed by atoms with van der Waals surface area (Å²) in [5, 5.41) is 0. The maximum absolute atomic E-state index is 2.41. The highest BCUT2D eigenvalue weighted by molar-refractivity contribution is 5.36. The first-order valence-electron chi connectivity index (χ1n) is 6.23. The lowest BCUT2D eigenvalue weighted by Gasteiger charge is -2.13. The van der Waals surface area contributed by atoms with Crippen molar-refractivity contribution in [3.05, 3.63) is 34.4 Å². The van der Waals surface area contributed by atoms with Crippen molar-refractivity contribution in [2.24, 2.45) is 5.92 Å². The number of rotatable bonds is 2. The van der Waals surface area contributed by atoms with Crippen molar-refractivity contribution in [1.82, 2.24) is 0 Å². The third kappa shape index (κ3) is 2.42. The Bertz CT molecular complexity index is 343. The summed E-state index contributed by atoms with van der Waals surface area (Å²) in [5.74, 6) is 0.964. The standard InChI is InChI=1S/C15H22/c1-11-8-13(3)15(9-12(11)2)10-14-6-4-5-7-14/h8-9,14H,4-7,10H2,1-3H3. The summed E-state index contributed by atoms with van der Waals surface area (Å²) < 4.78 is 0. The first kappa shape index (κ1) is 10.7. The Hall–Kier alpha value is -0.780. The van der Waals surface area contributed by atoms with Gasteiger partial charge in [-0.1, -0.05) is 37.8 Å². The molecule has 1 aromatic carbocycles. The smallest absolute Gasteiger partial charge is 0.0248 e. The van der Waals surface area contributed by atoms with Gasteiger partial charge in [0, 0.05) is 0 Å². The van der Waals surface area contributed by atoms with Crippen LogP contribution < -0.4 is 0 Å². The molecule has 1 aliphatic rings. The van der Waals surface area contributed by atoms with Crippen LogP contribution in [-0.4, -0.2) is 0 Å². The van der Waals surface area contributed by atoms with Gasteiger partial charge in [0.2, 0.25) is 0 Å². The summed E-state index contributed by atoms with van der Waals surface area (Å²) in [5.41, 5.74) is 5.96. The third-order valence-corrected chi connectivity index (χ3v) is 3.94. The van der Waals surface area contributed by atoms with Crippen molar-refractivity contribution >= 4 is 0 Å². The minimum Gasteiger partial charge on any atom is -0.0558 e. The van der Waals surface area contributed by atoms with Crippen LogP contribution in [0.2, 0.25) is 0 Å². The maximum Gasteiger partial charge on any atom is -0.0248 e.